The zero-order valence-electron chi connectivity index (χ0n) is 9.82. The van der Waals surface area contributed by atoms with Gasteiger partial charge in [0.2, 0.25) is 0 Å². The van der Waals surface area contributed by atoms with Crippen LogP contribution in [-0.4, -0.2) is 24.8 Å². The van der Waals surface area contributed by atoms with Gasteiger partial charge in [-0.3, -0.25) is 0 Å². The van der Waals surface area contributed by atoms with Gasteiger partial charge in [0, 0.05) is 31.4 Å². The van der Waals surface area contributed by atoms with E-state index in [4.69, 9.17) is 10.8 Å². The van der Waals surface area contributed by atoms with Gasteiger partial charge >= 0.3 is 0 Å². The molecule has 0 aliphatic carbocycles. The lowest BCUT2D eigenvalue weighted by Crippen LogP contribution is -2.22. The summed E-state index contributed by atoms with van der Waals surface area (Å²) >= 11 is 0. The van der Waals surface area contributed by atoms with E-state index in [1.165, 1.54) is 16.8 Å². The zero-order chi connectivity index (χ0) is 11.5. The molecule has 1 unspecified atom stereocenters. The number of benzene rings is 1. The van der Waals surface area contributed by atoms with Crippen molar-refractivity contribution >= 4 is 5.69 Å². The first kappa shape index (κ1) is 11.4. The molecule has 1 aromatic rings. The normalized spacial score (nSPS) is 16.3. The van der Waals surface area contributed by atoms with Crippen LogP contribution in [0.25, 0.3) is 0 Å². The molecule has 0 bridgehead atoms. The Labute approximate surface area is 96.9 Å². The number of aliphatic hydroxyl groups is 1. The van der Waals surface area contributed by atoms with Crippen molar-refractivity contribution in [1.29, 1.82) is 0 Å². The van der Waals surface area contributed by atoms with Crippen LogP contribution in [0.3, 0.4) is 0 Å². The van der Waals surface area contributed by atoms with Crippen molar-refractivity contribution in [1.82, 2.24) is 0 Å². The third-order valence-electron chi connectivity index (χ3n) is 3.21. The standard InChI is InChI=1S/C13H20N2O/c1-10(14)11-3-4-13-12(9-11)5-7-15(13)6-2-8-16/h3-4,9-10,16H,2,5-8,14H2,1H3. The minimum Gasteiger partial charge on any atom is -0.396 e. The molecule has 0 aromatic heterocycles. The summed E-state index contributed by atoms with van der Waals surface area (Å²) in [5.74, 6) is 0. The van der Waals surface area contributed by atoms with Crippen molar-refractivity contribution in [3.8, 4) is 0 Å². The second-order valence-corrected chi connectivity index (χ2v) is 4.49. The summed E-state index contributed by atoms with van der Waals surface area (Å²) in [7, 11) is 0. The lowest BCUT2D eigenvalue weighted by molar-refractivity contribution is 0.290. The Morgan fingerprint density at radius 3 is 3.00 bits per heavy atom. The SMILES string of the molecule is CC(N)c1ccc2c(c1)CCN2CCCO. The molecule has 0 amide bonds. The maximum Gasteiger partial charge on any atom is 0.0447 e. The van der Waals surface area contributed by atoms with Crippen LogP contribution in [0.5, 0.6) is 0 Å². The average molecular weight is 220 g/mol. The lowest BCUT2D eigenvalue weighted by Gasteiger charge is -2.19. The molecular formula is C13H20N2O. The van der Waals surface area contributed by atoms with Crippen molar-refractivity contribution in [3.05, 3.63) is 29.3 Å². The second-order valence-electron chi connectivity index (χ2n) is 4.49. The number of hydrogen-bond acceptors (Lipinski definition) is 3. The predicted molar refractivity (Wildman–Crippen MR) is 66.7 cm³/mol. The number of fused-ring (bicyclic) bond motifs is 1. The van der Waals surface area contributed by atoms with E-state index in [0.717, 1.165) is 25.9 Å². The van der Waals surface area contributed by atoms with Gasteiger partial charge in [0.15, 0.2) is 0 Å². The second kappa shape index (κ2) is 4.85. The third kappa shape index (κ3) is 2.20. The van der Waals surface area contributed by atoms with Crippen molar-refractivity contribution < 1.29 is 5.11 Å². The van der Waals surface area contributed by atoms with Gasteiger partial charge in [0.05, 0.1) is 0 Å². The monoisotopic (exact) mass is 220 g/mol. The Kier molecular flexibility index (Phi) is 3.46. The molecule has 2 rings (SSSR count). The predicted octanol–water partition coefficient (Wildman–Crippen LogP) is 1.45. The number of hydrogen-bond donors (Lipinski definition) is 2. The lowest BCUT2D eigenvalue weighted by atomic mass is 10.0. The highest BCUT2D eigenvalue weighted by molar-refractivity contribution is 5.59. The number of aliphatic hydroxyl groups excluding tert-OH is 1. The first-order valence-electron chi connectivity index (χ1n) is 5.96. The molecule has 3 N–H and O–H groups in total. The summed E-state index contributed by atoms with van der Waals surface area (Å²) < 4.78 is 0. The maximum absolute atomic E-state index is 8.85. The molecule has 3 nitrogen and oxygen atoms in total. The first-order valence-corrected chi connectivity index (χ1v) is 5.96. The molecule has 88 valence electrons. The van der Waals surface area contributed by atoms with E-state index in [1.807, 2.05) is 6.92 Å². The Morgan fingerprint density at radius 1 is 1.50 bits per heavy atom. The Hall–Kier alpha value is -1.06. The zero-order valence-corrected chi connectivity index (χ0v) is 9.82. The Balaban J connectivity index is 2.15. The summed E-state index contributed by atoms with van der Waals surface area (Å²) in [5, 5.41) is 8.85. The smallest absolute Gasteiger partial charge is 0.0447 e. The van der Waals surface area contributed by atoms with Crippen molar-refractivity contribution in [2.24, 2.45) is 5.73 Å². The maximum atomic E-state index is 8.85. The third-order valence-corrected chi connectivity index (χ3v) is 3.21. The molecule has 1 aliphatic heterocycles. The molecule has 0 saturated heterocycles. The molecule has 16 heavy (non-hydrogen) atoms. The number of nitrogens with zero attached hydrogens (tertiary/aromatic N) is 1. The summed E-state index contributed by atoms with van der Waals surface area (Å²) in [5.41, 5.74) is 9.80. The van der Waals surface area contributed by atoms with E-state index in [1.54, 1.807) is 0 Å². The fraction of sp³-hybridized carbons (Fsp3) is 0.538. The highest BCUT2D eigenvalue weighted by atomic mass is 16.3. The van der Waals surface area contributed by atoms with E-state index in [0.29, 0.717) is 0 Å². The van der Waals surface area contributed by atoms with Gasteiger partial charge in [-0.1, -0.05) is 12.1 Å². The molecule has 0 spiro atoms. The van der Waals surface area contributed by atoms with Crippen LogP contribution in [0.15, 0.2) is 18.2 Å². The fourth-order valence-corrected chi connectivity index (χ4v) is 2.27. The van der Waals surface area contributed by atoms with Gasteiger partial charge < -0.3 is 15.7 Å². The van der Waals surface area contributed by atoms with Gasteiger partial charge in [-0.15, -0.1) is 0 Å². The Morgan fingerprint density at radius 2 is 2.31 bits per heavy atom. The Bertz CT molecular complexity index is 363. The van der Waals surface area contributed by atoms with Crippen molar-refractivity contribution in [3.63, 3.8) is 0 Å². The van der Waals surface area contributed by atoms with Crippen molar-refractivity contribution in [2.45, 2.75) is 25.8 Å². The summed E-state index contributed by atoms with van der Waals surface area (Å²) in [6.07, 6.45) is 1.94. The number of anilines is 1. The summed E-state index contributed by atoms with van der Waals surface area (Å²) in [6.45, 7) is 4.29. The van der Waals surface area contributed by atoms with Crippen LogP contribution in [0, 0.1) is 0 Å². The summed E-state index contributed by atoms with van der Waals surface area (Å²) in [6, 6.07) is 6.61. The topological polar surface area (TPSA) is 49.5 Å². The molecule has 1 aromatic carbocycles. The molecule has 0 radical (unpaired) electrons. The molecule has 1 aliphatic rings. The molecule has 1 atom stereocenters. The van der Waals surface area contributed by atoms with Gasteiger partial charge in [-0.2, -0.15) is 0 Å². The van der Waals surface area contributed by atoms with E-state index < -0.39 is 0 Å². The van der Waals surface area contributed by atoms with Crippen LogP contribution < -0.4 is 10.6 Å². The summed E-state index contributed by atoms with van der Waals surface area (Å²) in [4.78, 5) is 2.34. The fourth-order valence-electron chi connectivity index (χ4n) is 2.27. The van der Waals surface area contributed by atoms with Crippen LogP contribution >= 0.6 is 0 Å². The van der Waals surface area contributed by atoms with E-state index >= 15 is 0 Å². The van der Waals surface area contributed by atoms with Gasteiger partial charge in [-0.25, -0.2) is 0 Å². The molecule has 0 saturated carbocycles. The largest absolute Gasteiger partial charge is 0.396 e. The van der Waals surface area contributed by atoms with Crippen molar-refractivity contribution in [2.75, 3.05) is 24.6 Å². The minimum atomic E-state index is 0.108. The van der Waals surface area contributed by atoms with E-state index in [2.05, 4.69) is 23.1 Å². The minimum absolute atomic E-state index is 0.108. The van der Waals surface area contributed by atoms with Crippen LogP contribution in [-0.2, 0) is 6.42 Å². The van der Waals surface area contributed by atoms with Gasteiger partial charge in [-0.05, 0) is 37.0 Å². The van der Waals surface area contributed by atoms with Gasteiger partial charge in [0.25, 0.3) is 0 Å². The molecule has 3 heteroatoms. The number of nitrogens with two attached hydrogens (primary N) is 1. The molecular weight excluding hydrogens is 200 g/mol. The van der Waals surface area contributed by atoms with Gasteiger partial charge in [0.1, 0.15) is 0 Å². The first-order chi connectivity index (χ1) is 7.72. The molecule has 1 heterocycles. The highest BCUT2D eigenvalue weighted by Crippen LogP contribution is 2.30. The van der Waals surface area contributed by atoms with E-state index in [-0.39, 0.29) is 12.6 Å². The average Bonchev–Trinajstić information content (AvgIpc) is 2.68. The quantitative estimate of drug-likeness (QED) is 0.807. The van der Waals surface area contributed by atoms with Crippen LogP contribution in [0.1, 0.15) is 30.5 Å². The highest BCUT2D eigenvalue weighted by Gasteiger charge is 2.18. The van der Waals surface area contributed by atoms with E-state index in [9.17, 15) is 0 Å². The number of rotatable bonds is 4. The van der Waals surface area contributed by atoms with Crippen LogP contribution in [0.2, 0.25) is 0 Å². The van der Waals surface area contributed by atoms with Crippen LogP contribution in [0.4, 0.5) is 5.69 Å². The molecule has 0 fully saturated rings.